The van der Waals surface area contributed by atoms with E-state index in [1.54, 1.807) is 0 Å². The van der Waals surface area contributed by atoms with Gasteiger partial charge in [0.1, 0.15) is 0 Å². The molecule has 0 spiro atoms. The van der Waals surface area contributed by atoms with Crippen molar-refractivity contribution in [3.05, 3.63) is 18.7 Å². The lowest BCUT2D eigenvalue weighted by atomic mass is 9.53. The number of nitrogens with zero attached hydrogens (tertiary/aromatic N) is 2. The highest BCUT2D eigenvalue weighted by molar-refractivity contribution is 8.93. The van der Waals surface area contributed by atoms with Crippen molar-refractivity contribution in [2.45, 2.75) is 44.1 Å². The first-order chi connectivity index (χ1) is 7.34. The Morgan fingerprint density at radius 2 is 1.47 bits per heavy atom. The van der Waals surface area contributed by atoms with Gasteiger partial charge >= 0.3 is 0 Å². The molecule has 0 unspecified atom stereocenters. The van der Waals surface area contributed by atoms with E-state index in [0.717, 1.165) is 17.8 Å². The molecule has 4 saturated carbocycles. The third-order valence-electron chi connectivity index (χ3n) is 5.06. The fraction of sp³-hybridized carbons (Fsp3) is 0.769. The van der Waals surface area contributed by atoms with Crippen molar-refractivity contribution in [1.29, 1.82) is 0 Å². The summed E-state index contributed by atoms with van der Waals surface area (Å²) in [5.41, 5.74) is 0.477. The fourth-order valence-corrected chi connectivity index (χ4v) is 4.92. The monoisotopic (exact) mass is 362 g/mol. The molecular formula is C13H20Br2N2. The molecule has 0 aromatic carbocycles. The molecule has 5 rings (SSSR count). The van der Waals surface area contributed by atoms with Gasteiger partial charge in [0.2, 0.25) is 0 Å². The van der Waals surface area contributed by atoms with Gasteiger partial charge in [-0.3, -0.25) is 0 Å². The van der Waals surface area contributed by atoms with Gasteiger partial charge in [-0.15, -0.1) is 34.0 Å². The van der Waals surface area contributed by atoms with Crippen LogP contribution in [0, 0.1) is 17.8 Å². The van der Waals surface area contributed by atoms with Crippen LogP contribution in [0.4, 0.5) is 0 Å². The van der Waals surface area contributed by atoms with Gasteiger partial charge < -0.3 is 4.57 Å². The predicted molar refractivity (Wildman–Crippen MR) is 79.0 cm³/mol. The summed E-state index contributed by atoms with van der Waals surface area (Å²) in [7, 11) is 0. The van der Waals surface area contributed by atoms with Crippen molar-refractivity contribution in [3.63, 3.8) is 0 Å². The van der Waals surface area contributed by atoms with E-state index in [0.29, 0.717) is 5.54 Å². The molecule has 96 valence electrons. The van der Waals surface area contributed by atoms with Crippen LogP contribution in [0.1, 0.15) is 38.5 Å². The summed E-state index contributed by atoms with van der Waals surface area (Å²) in [6.45, 7) is 0. The maximum atomic E-state index is 4.24. The van der Waals surface area contributed by atoms with Crippen LogP contribution >= 0.6 is 34.0 Å². The normalized spacial score (nSPS) is 41.8. The first-order valence-corrected chi connectivity index (χ1v) is 6.32. The summed E-state index contributed by atoms with van der Waals surface area (Å²) in [4.78, 5) is 4.24. The van der Waals surface area contributed by atoms with Crippen LogP contribution in [-0.4, -0.2) is 9.55 Å². The van der Waals surface area contributed by atoms with Crippen LogP contribution in [0.3, 0.4) is 0 Å². The van der Waals surface area contributed by atoms with Crippen LogP contribution in [-0.2, 0) is 5.54 Å². The molecule has 0 atom stereocenters. The molecule has 4 fully saturated rings. The first kappa shape index (κ1) is 13.6. The smallest absolute Gasteiger partial charge is 0.0951 e. The summed E-state index contributed by atoms with van der Waals surface area (Å²) in [5.74, 6) is 3.08. The van der Waals surface area contributed by atoms with Crippen molar-refractivity contribution in [1.82, 2.24) is 9.55 Å². The zero-order valence-electron chi connectivity index (χ0n) is 9.92. The Morgan fingerprint density at radius 3 is 1.88 bits per heavy atom. The molecule has 0 N–H and O–H groups in total. The average Bonchev–Trinajstić information content (AvgIpc) is 2.67. The van der Waals surface area contributed by atoms with Crippen LogP contribution in [0.25, 0.3) is 0 Å². The maximum absolute atomic E-state index is 4.24. The van der Waals surface area contributed by atoms with E-state index in [2.05, 4.69) is 15.7 Å². The fourth-order valence-electron chi connectivity index (χ4n) is 4.92. The van der Waals surface area contributed by atoms with Crippen LogP contribution in [0.5, 0.6) is 0 Å². The second-order valence-corrected chi connectivity index (χ2v) is 6.11. The van der Waals surface area contributed by atoms with Gasteiger partial charge in [-0.2, -0.15) is 0 Å². The molecule has 1 aromatic heterocycles. The van der Waals surface area contributed by atoms with Crippen molar-refractivity contribution >= 4 is 34.0 Å². The average molecular weight is 364 g/mol. The van der Waals surface area contributed by atoms with Gasteiger partial charge in [-0.05, 0) is 56.3 Å². The van der Waals surface area contributed by atoms with Crippen molar-refractivity contribution in [2.24, 2.45) is 17.8 Å². The van der Waals surface area contributed by atoms with Crippen LogP contribution < -0.4 is 0 Å². The minimum atomic E-state index is 0. The minimum Gasteiger partial charge on any atom is -0.331 e. The molecule has 4 bridgehead atoms. The van der Waals surface area contributed by atoms with E-state index < -0.39 is 0 Å². The SMILES string of the molecule is Br.Br.c1cn(C23CC4CC(CC(C4)C2)C3)cn1. The molecule has 1 heterocycles. The standard InChI is InChI=1S/C13H18N2.2BrH/c1-2-15(9-14-1)13-6-10-3-11(7-13)5-12(4-10)8-13;;/h1-2,9-12H,3-8H2;2*1H. The van der Waals surface area contributed by atoms with Crippen molar-refractivity contribution < 1.29 is 0 Å². The molecule has 4 heteroatoms. The van der Waals surface area contributed by atoms with Crippen LogP contribution in [0.2, 0.25) is 0 Å². The first-order valence-electron chi connectivity index (χ1n) is 6.32. The Bertz CT molecular complexity index is 339. The summed E-state index contributed by atoms with van der Waals surface area (Å²) >= 11 is 0. The molecule has 0 saturated heterocycles. The van der Waals surface area contributed by atoms with E-state index in [4.69, 9.17) is 0 Å². The zero-order chi connectivity index (χ0) is 9.88. The van der Waals surface area contributed by atoms with Gasteiger partial charge in [-0.1, -0.05) is 0 Å². The molecule has 4 aliphatic rings. The van der Waals surface area contributed by atoms with Crippen molar-refractivity contribution in [3.8, 4) is 0 Å². The lowest BCUT2D eigenvalue weighted by Crippen LogP contribution is -2.51. The quantitative estimate of drug-likeness (QED) is 0.738. The van der Waals surface area contributed by atoms with Crippen molar-refractivity contribution in [2.75, 3.05) is 0 Å². The highest BCUT2D eigenvalue weighted by Crippen LogP contribution is 2.58. The van der Waals surface area contributed by atoms with Crippen LogP contribution in [0.15, 0.2) is 18.7 Å². The summed E-state index contributed by atoms with van der Waals surface area (Å²) in [5, 5.41) is 0. The summed E-state index contributed by atoms with van der Waals surface area (Å²) in [6, 6.07) is 0. The zero-order valence-corrected chi connectivity index (χ0v) is 13.3. The number of halogens is 2. The second kappa shape index (κ2) is 4.69. The topological polar surface area (TPSA) is 17.8 Å². The molecule has 1 aromatic rings. The predicted octanol–water partition coefficient (Wildman–Crippen LogP) is 3.96. The number of rotatable bonds is 1. The highest BCUT2D eigenvalue weighted by atomic mass is 79.9. The minimum absolute atomic E-state index is 0. The Morgan fingerprint density at radius 1 is 0.941 bits per heavy atom. The van der Waals surface area contributed by atoms with E-state index in [9.17, 15) is 0 Å². The van der Waals surface area contributed by atoms with E-state index in [1.165, 1.54) is 38.5 Å². The molecule has 0 radical (unpaired) electrons. The Balaban J connectivity index is 0.000000540. The Labute approximate surface area is 124 Å². The molecule has 17 heavy (non-hydrogen) atoms. The number of hydrogen-bond acceptors (Lipinski definition) is 1. The Hall–Kier alpha value is 0.170. The maximum Gasteiger partial charge on any atom is 0.0951 e. The summed E-state index contributed by atoms with van der Waals surface area (Å²) in [6.07, 6.45) is 15.0. The lowest BCUT2D eigenvalue weighted by molar-refractivity contribution is -0.0431. The Kier molecular flexibility index (Phi) is 3.75. The van der Waals surface area contributed by atoms with Gasteiger partial charge in [-0.25, -0.2) is 4.98 Å². The highest BCUT2D eigenvalue weighted by Gasteiger charge is 2.51. The number of aromatic nitrogens is 2. The van der Waals surface area contributed by atoms with Gasteiger partial charge in [0.25, 0.3) is 0 Å². The molecule has 0 aliphatic heterocycles. The van der Waals surface area contributed by atoms with Gasteiger partial charge in [0, 0.05) is 17.9 Å². The van der Waals surface area contributed by atoms with E-state index >= 15 is 0 Å². The third kappa shape index (κ3) is 2.01. The van der Waals surface area contributed by atoms with Gasteiger partial charge in [0.05, 0.1) is 6.33 Å². The second-order valence-electron chi connectivity index (χ2n) is 6.11. The number of hydrogen-bond donors (Lipinski definition) is 0. The third-order valence-corrected chi connectivity index (χ3v) is 5.06. The number of imidazole rings is 1. The van der Waals surface area contributed by atoms with Gasteiger partial charge in [0.15, 0.2) is 0 Å². The summed E-state index contributed by atoms with van der Waals surface area (Å²) < 4.78 is 2.43. The molecule has 0 amide bonds. The van der Waals surface area contributed by atoms with E-state index in [1.807, 2.05) is 12.5 Å². The molecule has 4 aliphatic carbocycles. The van der Waals surface area contributed by atoms with E-state index in [-0.39, 0.29) is 34.0 Å². The molecule has 2 nitrogen and oxygen atoms in total. The molecular weight excluding hydrogens is 344 g/mol. The largest absolute Gasteiger partial charge is 0.331 e. The lowest BCUT2D eigenvalue weighted by Gasteiger charge is -2.57.